The molecule has 162 valence electrons. The van der Waals surface area contributed by atoms with Gasteiger partial charge in [-0.3, -0.25) is 9.69 Å². The summed E-state index contributed by atoms with van der Waals surface area (Å²) in [6.45, 7) is 3.02. The average molecular weight is 440 g/mol. The number of halogens is 3. The summed E-state index contributed by atoms with van der Waals surface area (Å²) in [4.78, 5) is 21.0. The molecule has 0 spiro atoms. The first kappa shape index (κ1) is 21.1. The molecule has 0 radical (unpaired) electrons. The lowest BCUT2D eigenvalue weighted by Crippen LogP contribution is -2.50. The Kier molecular flexibility index (Phi) is 6.29. The Morgan fingerprint density at radius 3 is 2.47 bits per heavy atom. The molecule has 9 heteroatoms. The zero-order valence-corrected chi connectivity index (χ0v) is 17.3. The van der Waals surface area contributed by atoms with Crippen molar-refractivity contribution in [2.45, 2.75) is 44.0 Å². The van der Waals surface area contributed by atoms with E-state index in [-0.39, 0.29) is 17.6 Å². The highest BCUT2D eigenvalue weighted by Gasteiger charge is 2.33. The van der Waals surface area contributed by atoms with E-state index in [0.29, 0.717) is 19.1 Å². The van der Waals surface area contributed by atoms with Crippen molar-refractivity contribution in [2.24, 2.45) is 0 Å². The van der Waals surface area contributed by atoms with Gasteiger partial charge < -0.3 is 9.64 Å². The van der Waals surface area contributed by atoms with Crippen molar-refractivity contribution < 1.29 is 22.7 Å². The molecule has 0 aliphatic carbocycles. The number of amides is 1. The first-order valence-electron chi connectivity index (χ1n) is 10.2. The normalized spacial score (nSPS) is 19.8. The monoisotopic (exact) mass is 439 g/mol. The minimum absolute atomic E-state index is 0.100. The standard InChI is InChI=1S/C21H24F3N3O2S/c22-21(23,24)16-3-1-2-15(14-16)19(28)27-9-4-17(5-10-27)26-11-6-18(7-12-26)29-20-25-8-13-30-20/h1-3,8,13-14,17-18H,4-7,9-12H2. The summed E-state index contributed by atoms with van der Waals surface area (Å²) in [5, 5.41) is 2.62. The van der Waals surface area contributed by atoms with Crippen molar-refractivity contribution in [3.8, 4) is 5.19 Å². The molecule has 0 bridgehead atoms. The third-order valence-corrected chi connectivity index (χ3v) is 6.52. The van der Waals surface area contributed by atoms with E-state index in [1.807, 2.05) is 5.38 Å². The fourth-order valence-corrected chi connectivity index (χ4v) is 4.77. The van der Waals surface area contributed by atoms with Gasteiger partial charge in [0.05, 0.1) is 5.56 Å². The van der Waals surface area contributed by atoms with Crippen molar-refractivity contribution in [1.29, 1.82) is 0 Å². The number of carbonyl (C=O) groups is 1. The van der Waals surface area contributed by atoms with E-state index in [1.54, 1.807) is 11.1 Å². The van der Waals surface area contributed by atoms with E-state index in [1.165, 1.54) is 23.5 Å². The third-order valence-electron chi connectivity index (χ3n) is 5.86. The van der Waals surface area contributed by atoms with Gasteiger partial charge in [0.2, 0.25) is 0 Å². The van der Waals surface area contributed by atoms with Crippen LogP contribution in [0.3, 0.4) is 0 Å². The van der Waals surface area contributed by atoms with Crippen LogP contribution in [0, 0.1) is 0 Å². The van der Waals surface area contributed by atoms with E-state index in [0.717, 1.165) is 56.1 Å². The Bertz CT molecular complexity index is 843. The van der Waals surface area contributed by atoms with Crippen LogP contribution in [-0.2, 0) is 6.18 Å². The molecule has 4 rings (SSSR count). The topological polar surface area (TPSA) is 45.7 Å². The summed E-state index contributed by atoms with van der Waals surface area (Å²) in [6, 6.07) is 5.08. The lowest BCUT2D eigenvalue weighted by atomic mass is 9.98. The molecule has 0 atom stereocenters. The molecular formula is C21H24F3N3O2S. The molecule has 0 N–H and O–H groups in total. The third kappa shape index (κ3) is 4.95. The van der Waals surface area contributed by atoms with Crippen molar-refractivity contribution in [2.75, 3.05) is 26.2 Å². The van der Waals surface area contributed by atoms with Crippen molar-refractivity contribution in [3.63, 3.8) is 0 Å². The molecule has 2 aromatic rings. The largest absolute Gasteiger partial charge is 0.467 e. The number of likely N-dealkylation sites (tertiary alicyclic amines) is 2. The summed E-state index contributed by atoms with van der Waals surface area (Å²) >= 11 is 1.50. The molecule has 2 saturated heterocycles. The Labute approximate surface area is 177 Å². The zero-order chi connectivity index (χ0) is 21.1. The summed E-state index contributed by atoms with van der Waals surface area (Å²) in [5.41, 5.74) is -0.686. The van der Waals surface area contributed by atoms with Gasteiger partial charge in [-0.1, -0.05) is 17.4 Å². The highest BCUT2D eigenvalue weighted by atomic mass is 32.1. The van der Waals surface area contributed by atoms with Gasteiger partial charge in [0.1, 0.15) is 6.10 Å². The molecule has 30 heavy (non-hydrogen) atoms. The van der Waals surface area contributed by atoms with Gasteiger partial charge in [-0.15, -0.1) is 0 Å². The number of hydrogen-bond donors (Lipinski definition) is 0. The molecule has 2 aliphatic rings. The second-order valence-electron chi connectivity index (χ2n) is 7.75. The van der Waals surface area contributed by atoms with Gasteiger partial charge in [-0.25, -0.2) is 4.98 Å². The molecule has 0 saturated carbocycles. The first-order chi connectivity index (χ1) is 14.4. The van der Waals surface area contributed by atoms with E-state index >= 15 is 0 Å². The van der Waals surface area contributed by atoms with Gasteiger partial charge in [-0.05, 0) is 43.9 Å². The molecule has 1 aromatic heterocycles. The number of rotatable bonds is 4. The maximum Gasteiger partial charge on any atom is 0.416 e. The van der Waals surface area contributed by atoms with Crippen LogP contribution < -0.4 is 4.74 Å². The van der Waals surface area contributed by atoms with Crippen LogP contribution in [0.15, 0.2) is 35.8 Å². The highest BCUT2D eigenvalue weighted by molar-refractivity contribution is 7.11. The average Bonchev–Trinajstić information content (AvgIpc) is 3.26. The number of aromatic nitrogens is 1. The first-order valence-corrected chi connectivity index (χ1v) is 11.0. The van der Waals surface area contributed by atoms with Gasteiger partial charge in [0, 0.05) is 49.4 Å². The molecule has 3 heterocycles. The predicted octanol–water partition coefficient (Wildman–Crippen LogP) is 4.31. The number of alkyl halides is 3. The minimum Gasteiger partial charge on any atom is -0.467 e. The Morgan fingerprint density at radius 2 is 1.83 bits per heavy atom. The summed E-state index contributed by atoms with van der Waals surface area (Å²) in [7, 11) is 0. The van der Waals surface area contributed by atoms with Gasteiger partial charge >= 0.3 is 6.18 Å². The van der Waals surface area contributed by atoms with Crippen LogP contribution in [0.2, 0.25) is 0 Å². The molecule has 2 aliphatic heterocycles. The molecular weight excluding hydrogens is 415 g/mol. The van der Waals surface area contributed by atoms with Crippen molar-refractivity contribution in [1.82, 2.24) is 14.8 Å². The maximum absolute atomic E-state index is 12.9. The summed E-state index contributed by atoms with van der Waals surface area (Å²) < 4.78 is 44.7. The second-order valence-corrected chi connectivity index (χ2v) is 8.61. The molecule has 0 unspecified atom stereocenters. The maximum atomic E-state index is 12.9. The predicted molar refractivity (Wildman–Crippen MR) is 108 cm³/mol. The number of nitrogens with zero attached hydrogens (tertiary/aromatic N) is 3. The van der Waals surface area contributed by atoms with Gasteiger partial charge in [-0.2, -0.15) is 13.2 Å². The number of piperidine rings is 2. The van der Waals surface area contributed by atoms with Crippen molar-refractivity contribution in [3.05, 3.63) is 47.0 Å². The lowest BCUT2D eigenvalue weighted by molar-refractivity contribution is -0.137. The van der Waals surface area contributed by atoms with Gasteiger partial charge in [0.15, 0.2) is 0 Å². The van der Waals surface area contributed by atoms with E-state index < -0.39 is 11.7 Å². The van der Waals surface area contributed by atoms with Crippen LogP contribution in [0.1, 0.15) is 41.6 Å². The number of benzene rings is 1. The Morgan fingerprint density at radius 1 is 1.10 bits per heavy atom. The highest BCUT2D eigenvalue weighted by Crippen LogP contribution is 2.30. The molecule has 1 aromatic carbocycles. The molecule has 2 fully saturated rings. The van der Waals surface area contributed by atoms with Crippen LogP contribution in [-0.4, -0.2) is 59.0 Å². The number of thiazole rings is 1. The van der Waals surface area contributed by atoms with Crippen LogP contribution in [0.4, 0.5) is 13.2 Å². The smallest absolute Gasteiger partial charge is 0.416 e. The number of hydrogen-bond acceptors (Lipinski definition) is 5. The SMILES string of the molecule is O=C(c1cccc(C(F)(F)F)c1)N1CCC(N2CCC(Oc3nccs3)CC2)CC1. The van der Waals surface area contributed by atoms with Crippen LogP contribution in [0.25, 0.3) is 0 Å². The summed E-state index contributed by atoms with van der Waals surface area (Å²) in [6.07, 6.45) is 1.05. The minimum atomic E-state index is -4.45. The fourth-order valence-electron chi connectivity index (χ4n) is 4.22. The van der Waals surface area contributed by atoms with Gasteiger partial charge in [0.25, 0.3) is 11.1 Å². The quantitative estimate of drug-likeness (QED) is 0.712. The number of ether oxygens (including phenoxy) is 1. The second kappa shape index (κ2) is 8.93. The van der Waals surface area contributed by atoms with E-state index in [2.05, 4.69) is 9.88 Å². The number of carbonyl (C=O) groups excluding carboxylic acids is 1. The zero-order valence-electron chi connectivity index (χ0n) is 16.5. The van der Waals surface area contributed by atoms with E-state index in [9.17, 15) is 18.0 Å². The van der Waals surface area contributed by atoms with E-state index in [4.69, 9.17) is 4.74 Å². The Balaban J connectivity index is 1.27. The fraction of sp³-hybridized carbons (Fsp3) is 0.524. The van der Waals surface area contributed by atoms with Crippen molar-refractivity contribution >= 4 is 17.2 Å². The summed E-state index contributed by atoms with van der Waals surface area (Å²) in [5.74, 6) is -0.324. The lowest BCUT2D eigenvalue weighted by Gasteiger charge is -2.41. The van der Waals surface area contributed by atoms with Crippen LogP contribution >= 0.6 is 11.3 Å². The molecule has 5 nitrogen and oxygen atoms in total. The molecule has 1 amide bonds. The van der Waals surface area contributed by atoms with Crippen LogP contribution in [0.5, 0.6) is 5.19 Å². The Hall–Kier alpha value is -2.13.